The molecule has 1 amide bonds. The van der Waals surface area contributed by atoms with Gasteiger partial charge in [-0.1, -0.05) is 24.3 Å². The van der Waals surface area contributed by atoms with Gasteiger partial charge in [-0.25, -0.2) is 9.78 Å². The number of amides is 1. The minimum absolute atomic E-state index is 0.419. The van der Waals surface area contributed by atoms with E-state index in [-0.39, 0.29) is 0 Å². The molecule has 7 heteroatoms. The zero-order valence-electron chi connectivity index (χ0n) is 18.0. The Morgan fingerprint density at radius 3 is 2.61 bits per heavy atom. The third-order valence-corrected chi connectivity index (χ3v) is 5.63. The van der Waals surface area contributed by atoms with Crippen LogP contribution in [0.1, 0.15) is 5.56 Å². The SMILES string of the molecule is CNC(=O)Oc1ccc(CCN2CCN(c3ccc4ccccc4n3)CC2)cc1OC. The Morgan fingerprint density at radius 1 is 1.03 bits per heavy atom. The number of aromatic nitrogens is 1. The Labute approximate surface area is 182 Å². The number of methoxy groups -OCH3 is 1. The van der Waals surface area contributed by atoms with E-state index in [4.69, 9.17) is 14.5 Å². The quantitative estimate of drug-likeness (QED) is 0.660. The lowest BCUT2D eigenvalue weighted by atomic mass is 10.1. The number of hydrogen-bond donors (Lipinski definition) is 1. The second-order valence-corrected chi connectivity index (χ2v) is 7.57. The molecule has 1 aliphatic heterocycles. The Kier molecular flexibility index (Phi) is 6.52. The van der Waals surface area contributed by atoms with Gasteiger partial charge in [-0.3, -0.25) is 4.90 Å². The molecule has 0 aliphatic carbocycles. The fraction of sp³-hybridized carbons (Fsp3) is 0.333. The summed E-state index contributed by atoms with van der Waals surface area (Å²) in [6.07, 6.45) is 0.398. The number of rotatable bonds is 6. The fourth-order valence-corrected chi connectivity index (χ4v) is 3.82. The number of para-hydroxylation sites is 1. The first-order chi connectivity index (χ1) is 15.2. The molecule has 0 spiro atoms. The van der Waals surface area contributed by atoms with E-state index < -0.39 is 6.09 Å². The summed E-state index contributed by atoms with van der Waals surface area (Å²) in [4.78, 5) is 21.1. The van der Waals surface area contributed by atoms with Gasteiger partial charge >= 0.3 is 6.09 Å². The third kappa shape index (κ3) is 5.06. The molecule has 1 aliphatic rings. The summed E-state index contributed by atoms with van der Waals surface area (Å²) < 4.78 is 10.6. The molecule has 162 valence electrons. The van der Waals surface area contributed by atoms with Gasteiger partial charge in [0, 0.05) is 45.2 Å². The largest absolute Gasteiger partial charge is 0.493 e. The van der Waals surface area contributed by atoms with E-state index >= 15 is 0 Å². The predicted molar refractivity (Wildman–Crippen MR) is 122 cm³/mol. The molecule has 1 N–H and O–H groups in total. The molecule has 0 unspecified atom stereocenters. The van der Waals surface area contributed by atoms with Gasteiger partial charge in [0.2, 0.25) is 0 Å². The van der Waals surface area contributed by atoms with E-state index in [0.717, 1.165) is 56.0 Å². The number of nitrogens with zero attached hydrogens (tertiary/aromatic N) is 3. The first-order valence-corrected chi connectivity index (χ1v) is 10.6. The van der Waals surface area contributed by atoms with E-state index in [0.29, 0.717) is 11.5 Å². The lowest BCUT2D eigenvalue weighted by Crippen LogP contribution is -2.47. The number of carbonyl (C=O) groups is 1. The van der Waals surface area contributed by atoms with Crippen LogP contribution < -0.4 is 19.7 Å². The molecule has 0 atom stereocenters. The Bertz CT molecular complexity index is 1050. The smallest absolute Gasteiger partial charge is 0.412 e. The van der Waals surface area contributed by atoms with Crippen molar-refractivity contribution in [3.63, 3.8) is 0 Å². The van der Waals surface area contributed by atoms with Crippen molar-refractivity contribution in [2.45, 2.75) is 6.42 Å². The van der Waals surface area contributed by atoms with Crippen molar-refractivity contribution in [1.82, 2.24) is 15.2 Å². The summed E-state index contributed by atoms with van der Waals surface area (Å²) in [6, 6.07) is 18.2. The van der Waals surface area contributed by atoms with Gasteiger partial charge < -0.3 is 19.7 Å². The van der Waals surface area contributed by atoms with Crippen molar-refractivity contribution in [1.29, 1.82) is 0 Å². The molecule has 1 fully saturated rings. The normalized spacial score (nSPS) is 14.5. The highest BCUT2D eigenvalue weighted by Crippen LogP contribution is 2.28. The molecule has 2 heterocycles. The van der Waals surface area contributed by atoms with E-state index in [1.54, 1.807) is 13.2 Å². The number of piperazine rings is 1. The van der Waals surface area contributed by atoms with Crippen LogP contribution in [-0.2, 0) is 6.42 Å². The molecule has 0 bridgehead atoms. The number of hydrogen-bond acceptors (Lipinski definition) is 6. The topological polar surface area (TPSA) is 66.9 Å². The lowest BCUT2D eigenvalue weighted by molar-refractivity contribution is 0.201. The zero-order valence-corrected chi connectivity index (χ0v) is 18.0. The van der Waals surface area contributed by atoms with Crippen molar-refractivity contribution in [3.05, 3.63) is 60.2 Å². The van der Waals surface area contributed by atoms with Crippen LogP contribution >= 0.6 is 0 Å². The van der Waals surface area contributed by atoms with E-state index in [2.05, 4.69) is 39.4 Å². The second-order valence-electron chi connectivity index (χ2n) is 7.57. The average molecular weight is 421 g/mol. The maximum absolute atomic E-state index is 11.5. The Morgan fingerprint density at radius 2 is 1.84 bits per heavy atom. The summed E-state index contributed by atoms with van der Waals surface area (Å²) in [6.45, 7) is 4.91. The van der Waals surface area contributed by atoms with E-state index in [1.165, 1.54) is 12.4 Å². The number of nitrogens with one attached hydrogen (secondary N) is 1. The second kappa shape index (κ2) is 9.66. The molecular formula is C24H28N4O3. The molecule has 4 rings (SSSR count). The maximum atomic E-state index is 11.5. The van der Waals surface area contributed by atoms with Gasteiger partial charge in [0.15, 0.2) is 11.5 Å². The highest BCUT2D eigenvalue weighted by Gasteiger charge is 2.18. The molecule has 1 saturated heterocycles. The minimum Gasteiger partial charge on any atom is -0.493 e. The number of benzene rings is 2. The van der Waals surface area contributed by atoms with Crippen LogP contribution in [0.15, 0.2) is 54.6 Å². The van der Waals surface area contributed by atoms with Gasteiger partial charge in [0.1, 0.15) is 5.82 Å². The monoisotopic (exact) mass is 420 g/mol. The molecule has 2 aromatic carbocycles. The van der Waals surface area contributed by atoms with Crippen molar-refractivity contribution in [2.75, 3.05) is 51.8 Å². The highest BCUT2D eigenvalue weighted by atomic mass is 16.6. The van der Waals surface area contributed by atoms with E-state index in [1.807, 2.05) is 24.3 Å². The maximum Gasteiger partial charge on any atom is 0.412 e. The number of anilines is 1. The van der Waals surface area contributed by atoms with Crippen LogP contribution in [0.4, 0.5) is 10.6 Å². The van der Waals surface area contributed by atoms with Gasteiger partial charge in [0.25, 0.3) is 0 Å². The summed E-state index contributed by atoms with van der Waals surface area (Å²) in [5.74, 6) is 2.03. The van der Waals surface area contributed by atoms with Gasteiger partial charge in [-0.15, -0.1) is 0 Å². The van der Waals surface area contributed by atoms with Gasteiger partial charge in [0.05, 0.1) is 12.6 Å². The molecule has 3 aromatic rings. The van der Waals surface area contributed by atoms with Gasteiger partial charge in [-0.05, 0) is 42.3 Å². The van der Waals surface area contributed by atoms with Crippen molar-refractivity contribution >= 4 is 22.8 Å². The molecular weight excluding hydrogens is 392 g/mol. The first kappa shape index (κ1) is 20.9. The Hall–Kier alpha value is -3.32. The van der Waals surface area contributed by atoms with Crippen LogP contribution in [0.2, 0.25) is 0 Å². The third-order valence-electron chi connectivity index (χ3n) is 5.63. The van der Waals surface area contributed by atoms with Gasteiger partial charge in [-0.2, -0.15) is 0 Å². The highest BCUT2D eigenvalue weighted by molar-refractivity contribution is 5.80. The predicted octanol–water partition coefficient (Wildman–Crippen LogP) is 3.33. The number of pyridine rings is 1. The molecule has 7 nitrogen and oxygen atoms in total. The van der Waals surface area contributed by atoms with Crippen LogP contribution in [-0.4, -0.2) is 62.9 Å². The number of fused-ring (bicyclic) bond motifs is 1. The average Bonchev–Trinajstić information content (AvgIpc) is 2.83. The summed E-state index contributed by atoms with van der Waals surface area (Å²) in [7, 11) is 3.11. The molecule has 0 saturated carbocycles. The first-order valence-electron chi connectivity index (χ1n) is 10.6. The number of carbonyl (C=O) groups excluding carboxylic acids is 1. The van der Waals surface area contributed by atoms with Crippen LogP contribution in [0.25, 0.3) is 10.9 Å². The fourth-order valence-electron chi connectivity index (χ4n) is 3.82. The number of ether oxygens (including phenoxy) is 2. The summed E-state index contributed by atoms with van der Waals surface area (Å²) >= 11 is 0. The van der Waals surface area contributed by atoms with Crippen molar-refractivity contribution in [3.8, 4) is 11.5 Å². The summed E-state index contributed by atoms with van der Waals surface area (Å²) in [5, 5.41) is 3.61. The van der Waals surface area contributed by atoms with Crippen LogP contribution in [0.3, 0.4) is 0 Å². The summed E-state index contributed by atoms with van der Waals surface area (Å²) in [5.41, 5.74) is 2.19. The lowest BCUT2D eigenvalue weighted by Gasteiger charge is -2.35. The van der Waals surface area contributed by atoms with E-state index in [9.17, 15) is 4.79 Å². The Balaban J connectivity index is 1.31. The van der Waals surface area contributed by atoms with Crippen LogP contribution in [0, 0.1) is 0 Å². The molecule has 0 radical (unpaired) electrons. The van der Waals surface area contributed by atoms with Crippen LogP contribution in [0.5, 0.6) is 11.5 Å². The van der Waals surface area contributed by atoms with Crippen molar-refractivity contribution in [2.24, 2.45) is 0 Å². The van der Waals surface area contributed by atoms with Crippen molar-refractivity contribution < 1.29 is 14.3 Å². The standard InChI is InChI=1S/C24H28N4O3/c1-25-24(29)31-21-9-7-18(17-22(21)30-2)11-12-27-13-15-28(16-14-27)23-10-8-19-5-3-4-6-20(19)26-23/h3-10,17H,11-16H2,1-2H3,(H,25,29). The minimum atomic E-state index is -0.509. The zero-order chi connectivity index (χ0) is 21.6. The molecule has 1 aromatic heterocycles. The molecule has 31 heavy (non-hydrogen) atoms.